The van der Waals surface area contributed by atoms with E-state index >= 15 is 8.78 Å². The molecule has 1 aromatic carbocycles. The molecule has 4 aliphatic rings. The molecule has 0 aliphatic heterocycles. The Morgan fingerprint density at radius 1 is 0.949 bits per heavy atom. The summed E-state index contributed by atoms with van der Waals surface area (Å²) in [6, 6.07) is 4.24. The third-order valence-electron chi connectivity index (χ3n) is 12.6. The van der Waals surface area contributed by atoms with Crippen LogP contribution in [0.2, 0.25) is 0 Å². The number of anilines is 2. The molecule has 0 heterocycles. The molecule has 0 aromatic heterocycles. The van der Waals surface area contributed by atoms with Crippen LogP contribution in [0.1, 0.15) is 117 Å². The summed E-state index contributed by atoms with van der Waals surface area (Å²) in [5.41, 5.74) is 12.1. The van der Waals surface area contributed by atoms with Gasteiger partial charge in [0.2, 0.25) is 0 Å². The second kappa shape index (κ2) is 10.8. The molecule has 3 nitrogen and oxygen atoms in total. The van der Waals surface area contributed by atoms with Crippen molar-refractivity contribution in [1.29, 1.82) is 0 Å². The first-order chi connectivity index (χ1) is 18.4. The Hall–Kier alpha value is -1.36. The summed E-state index contributed by atoms with van der Waals surface area (Å²) in [6.45, 7) is 12.1. The van der Waals surface area contributed by atoms with Gasteiger partial charge in [0.05, 0.1) is 11.7 Å². The van der Waals surface area contributed by atoms with Crippen molar-refractivity contribution < 1.29 is 13.5 Å². The van der Waals surface area contributed by atoms with Gasteiger partial charge in [-0.15, -0.1) is 0 Å². The molecule has 0 spiro atoms. The molecule has 0 amide bonds. The zero-order chi connectivity index (χ0) is 28.2. The summed E-state index contributed by atoms with van der Waals surface area (Å²) < 4.78 is 37.3. The lowest BCUT2D eigenvalue weighted by Crippen LogP contribution is -2.59. The van der Waals surface area contributed by atoms with Gasteiger partial charge in [0.1, 0.15) is 0 Å². The van der Waals surface area contributed by atoms with E-state index in [1.807, 2.05) is 0 Å². The summed E-state index contributed by atoms with van der Waals surface area (Å²) in [7, 11) is 0. The fourth-order valence-electron chi connectivity index (χ4n) is 10.6. The third kappa shape index (κ3) is 5.12. The molecule has 220 valence electrons. The van der Waals surface area contributed by atoms with E-state index < -0.39 is 12.2 Å². The van der Waals surface area contributed by atoms with Crippen molar-refractivity contribution in [2.24, 2.45) is 52.3 Å². The van der Waals surface area contributed by atoms with Crippen molar-refractivity contribution in [2.75, 3.05) is 11.5 Å². The summed E-state index contributed by atoms with van der Waals surface area (Å²) >= 11 is 0. The molecule has 2 unspecified atom stereocenters. The fraction of sp³-hybridized carbons (Fsp3) is 0.824. The minimum atomic E-state index is -3.42. The Labute approximate surface area is 236 Å². The van der Waals surface area contributed by atoms with Gasteiger partial charge in [-0.3, -0.25) is 0 Å². The number of ether oxygens (including phenoxy) is 1. The van der Waals surface area contributed by atoms with Crippen molar-refractivity contribution in [3.05, 3.63) is 23.8 Å². The van der Waals surface area contributed by atoms with Gasteiger partial charge in [0.15, 0.2) is 0 Å². The minimum Gasteiger partial charge on any atom is -0.399 e. The molecule has 0 saturated heterocycles. The van der Waals surface area contributed by atoms with Crippen LogP contribution in [-0.2, 0) is 10.8 Å². The van der Waals surface area contributed by atoms with Crippen LogP contribution >= 0.6 is 0 Å². The van der Waals surface area contributed by atoms with Crippen molar-refractivity contribution in [2.45, 2.75) is 124 Å². The van der Waals surface area contributed by atoms with Gasteiger partial charge in [-0.2, -0.15) is 8.78 Å². The second-order valence-electron chi connectivity index (χ2n) is 14.9. The maximum atomic E-state index is 15.7. The number of fused-ring (bicyclic) bond motifs is 5. The molecule has 0 bridgehead atoms. The maximum absolute atomic E-state index is 15.7. The minimum absolute atomic E-state index is 0.00646. The topological polar surface area (TPSA) is 61.3 Å². The van der Waals surface area contributed by atoms with E-state index in [1.165, 1.54) is 63.1 Å². The Morgan fingerprint density at radius 3 is 2.44 bits per heavy atom. The Kier molecular flexibility index (Phi) is 8.07. The molecule has 5 heteroatoms. The number of alkyl halides is 2. The summed E-state index contributed by atoms with van der Waals surface area (Å²) in [4.78, 5) is 0. The van der Waals surface area contributed by atoms with Crippen LogP contribution in [0.4, 0.5) is 20.2 Å². The lowest BCUT2D eigenvalue weighted by molar-refractivity contribution is -0.315. The van der Waals surface area contributed by atoms with Gasteiger partial charge in [-0.05, 0) is 122 Å². The molecule has 4 saturated carbocycles. The Bertz CT molecular complexity index is 1010. The highest BCUT2D eigenvalue weighted by molar-refractivity contribution is 5.57. The first-order valence-corrected chi connectivity index (χ1v) is 16.1. The second-order valence-corrected chi connectivity index (χ2v) is 14.9. The number of rotatable bonds is 8. The molecular formula is C34H54F2N2O. The van der Waals surface area contributed by atoms with E-state index in [2.05, 4.69) is 34.6 Å². The van der Waals surface area contributed by atoms with E-state index in [1.54, 1.807) is 0 Å². The Balaban J connectivity index is 1.36. The smallest absolute Gasteiger partial charge is 0.385 e. The summed E-state index contributed by atoms with van der Waals surface area (Å²) in [5.74, 6) is 4.65. The standard InChI is InChI=1S/C34H54F2N2O/c1-21(2)8-6-9-22(3)26-16-17-27-25-14-12-23-10-7-11-31(33(23,5)28(25)18-19-32(26,27)4)39-34(35,36)29-15-13-24(37)20-30(29)38/h13,15,20-23,25-28,31H,6-12,14,16-19,37-38H2,1-5H3/t22-,23?,25+,26-,27+,28+,31?,32-,33+/m1/s1. The van der Waals surface area contributed by atoms with Gasteiger partial charge < -0.3 is 16.2 Å². The van der Waals surface area contributed by atoms with E-state index in [4.69, 9.17) is 16.2 Å². The number of benzene rings is 1. The maximum Gasteiger partial charge on any atom is 0.385 e. The van der Waals surface area contributed by atoms with Crippen LogP contribution in [0.5, 0.6) is 0 Å². The highest BCUT2D eigenvalue weighted by Crippen LogP contribution is 2.69. The first-order valence-electron chi connectivity index (χ1n) is 16.1. The van der Waals surface area contributed by atoms with E-state index in [0.29, 0.717) is 35.3 Å². The molecule has 39 heavy (non-hydrogen) atoms. The predicted octanol–water partition coefficient (Wildman–Crippen LogP) is 9.41. The van der Waals surface area contributed by atoms with E-state index in [0.717, 1.165) is 49.4 Å². The third-order valence-corrected chi connectivity index (χ3v) is 12.6. The molecular weight excluding hydrogens is 490 g/mol. The van der Waals surface area contributed by atoms with Gasteiger partial charge in [-0.1, -0.05) is 60.3 Å². The number of nitrogens with two attached hydrogens (primary N) is 2. The van der Waals surface area contributed by atoms with E-state index in [-0.39, 0.29) is 16.7 Å². The van der Waals surface area contributed by atoms with Crippen molar-refractivity contribution in [3.63, 3.8) is 0 Å². The van der Waals surface area contributed by atoms with Crippen molar-refractivity contribution >= 4 is 11.4 Å². The SMILES string of the molecule is CC(C)CCC[C@@H](C)[C@H]1CC[C@H]2[C@@H]3CCC4CCCC(OC(F)(F)c5ccc(N)cc5N)[C@]4(C)[C@H]3CC[C@]12C. The first kappa shape index (κ1) is 29.1. The summed E-state index contributed by atoms with van der Waals surface area (Å²) in [6.07, 6.45) is 10.5. The molecule has 4 aliphatic carbocycles. The monoisotopic (exact) mass is 544 g/mol. The molecule has 9 atom stereocenters. The highest BCUT2D eigenvalue weighted by atomic mass is 19.3. The number of halogens is 2. The van der Waals surface area contributed by atoms with Crippen LogP contribution in [0.15, 0.2) is 18.2 Å². The molecule has 0 radical (unpaired) electrons. The lowest BCUT2D eigenvalue weighted by Gasteiger charge is -2.62. The van der Waals surface area contributed by atoms with Crippen molar-refractivity contribution in [1.82, 2.24) is 0 Å². The lowest BCUT2D eigenvalue weighted by atomic mass is 9.44. The van der Waals surface area contributed by atoms with Crippen LogP contribution in [0, 0.1) is 52.3 Å². The van der Waals surface area contributed by atoms with Crippen LogP contribution < -0.4 is 11.5 Å². The van der Waals surface area contributed by atoms with Crippen LogP contribution in [0.25, 0.3) is 0 Å². The number of hydrogen-bond acceptors (Lipinski definition) is 3. The number of hydrogen-bond donors (Lipinski definition) is 2. The highest BCUT2D eigenvalue weighted by Gasteiger charge is 2.63. The zero-order valence-electron chi connectivity index (χ0n) is 25.2. The van der Waals surface area contributed by atoms with Gasteiger partial charge in [-0.25, -0.2) is 0 Å². The molecule has 5 rings (SSSR count). The quantitative estimate of drug-likeness (QED) is 0.320. The normalized spacial score (nSPS) is 39.2. The average Bonchev–Trinajstić information content (AvgIpc) is 3.21. The number of nitrogen functional groups attached to an aromatic ring is 2. The molecule has 1 aromatic rings. The zero-order valence-corrected chi connectivity index (χ0v) is 25.2. The summed E-state index contributed by atoms with van der Waals surface area (Å²) in [5, 5.41) is 0. The van der Waals surface area contributed by atoms with Crippen LogP contribution in [-0.4, -0.2) is 6.10 Å². The molecule has 4 fully saturated rings. The van der Waals surface area contributed by atoms with E-state index in [9.17, 15) is 0 Å². The van der Waals surface area contributed by atoms with Gasteiger partial charge in [0.25, 0.3) is 0 Å². The fourth-order valence-corrected chi connectivity index (χ4v) is 10.6. The average molecular weight is 545 g/mol. The van der Waals surface area contributed by atoms with Gasteiger partial charge >= 0.3 is 6.11 Å². The van der Waals surface area contributed by atoms with Crippen molar-refractivity contribution in [3.8, 4) is 0 Å². The predicted molar refractivity (Wildman–Crippen MR) is 157 cm³/mol. The Morgan fingerprint density at radius 2 is 1.72 bits per heavy atom. The molecule has 4 N–H and O–H groups in total. The largest absolute Gasteiger partial charge is 0.399 e. The van der Waals surface area contributed by atoms with Gasteiger partial charge in [0, 0.05) is 11.4 Å². The van der Waals surface area contributed by atoms with Crippen LogP contribution in [0.3, 0.4) is 0 Å².